The van der Waals surface area contributed by atoms with Crippen LogP contribution in [0.15, 0.2) is 48.8 Å². The van der Waals surface area contributed by atoms with Crippen molar-refractivity contribution in [1.82, 2.24) is 24.9 Å². The van der Waals surface area contributed by atoms with Crippen LogP contribution in [0.3, 0.4) is 0 Å². The molecule has 1 fully saturated rings. The maximum atomic E-state index is 13.3. The molecule has 1 saturated heterocycles. The fraction of sp³-hybridized carbons (Fsp3) is 0.364. The van der Waals surface area contributed by atoms with Gasteiger partial charge in [0.05, 0.1) is 5.69 Å². The van der Waals surface area contributed by atoms with Gasteiger partial charge >= 0.3 is 0 Å². The number of nitrogens with zero attached hydrogens (tertiary/aromatic N) is 5. The van der Waals surface area contributed by atoms with Gasteiger partial charge < -0.3 is 4.90 Å². The molecule has 144 valence electrons. The SMILES string of the molecule is CCc1ccc(-n2nnc(C(=O)N3CCCC[C@H]3C)c2-c2cccnc2)cc1. The Morgan fingerprint density at radius 3 is 2.68 bits per heavy atom. The van der Waals surface area contributed by atoms with Crippen molar-refractivity contribution in [3.8, 4) is 16.9 Å². The van der Waals surface area contributed by atoms with E-state index in [0.29, 0.717) is 11.4 Å². The average Bonchev–Trinajstić information content (AvgIpc) is 3.19. The van der Waals surface area contributed by atoms with Gasteiger partial charge in [0.2, 0.25) is 0 Å². The summed E-state index contributed by atoms with van der Waals surface area (Å²) in [5.74, 6) is -0.0533. The van der Waals surface area contributed by atoms with Crippen LogP contribution in [0.5, 0.6) is 0 Å². The first-order valence-corrected chi connectivity index (χ1v) is 9.95. The van der Waals surface area contributed by atoms with E-state index in [2.05, 4.69) is 41.3 Å². The fourth-order valence-electron chi connectivity index (χ4n) is 3.78. The molecule has 6 heteroatoms. The number of likely N-dealkylation sites (tertiary alicyclic amines) is 1. The van der Waals surface area contributed by atoms with Crippen molar-refractivity contribution in [1.29, 1.82) is 0 Å². The lowest BCUT2D eigenvalue weighted by molar-refractivity contribution is 0.0630. The molecule has 28 heavy (non-hydrogen) atoms. The first kappa shape index (κ1) is 18.3. The maximum Gasteiger partial charge on any atom is 0.276 e. The van der Waals surface area contributed by atoms with E-state index in [-0.39, 0.29) is 11.9 Å². The van der Waals surface area contributed by atoms with Crippen molar-refractivity contribution in [2.75, 3.05) is 6.54 Å². The monoisotopic (exact) mass is 375 g/mol. The van der Waals surface area contributed by atoms with Crippen LogP contribution in [0, 0.1) is 0 Å². The third-order valence-electron chi connectivity index (χ3n) is 5.46. The minimum Gasteiger partial charge on any atom is -0.334 e. The Balaban J connectivity index is 1.80. The molecule has 2 aromatic heterocycles. The highest BCUT2D eigenvalue weighted by molar-refractivity contribution is 5.98. The highest BCUT2D eigenvalue weighted by Gasteiger charge is 2.30. The van der Waals surface area contributed by atoms with E-state index in [1.54, 1.807) is 17.1 Å². The van der Waals surface area contributed by atoms with E-state index in [1.807, 2.05) is 29.2 Å². The highest BCUT2D eigenvalue weighted by Crippen LogP contribution is 2.28. The van der Waals surface area contributed by atoms with Gasteiger partial charge in [-0.05, 0) is 62.4 Å². The molecule has 0 unspecified atom stereocenters. The second-order valence-corrected chi connectivity index (χ2v) is 7.30. The van der Waals surface area contributed by atoms with Gasteiger partial charge in [-0.1, -0.05) is 24.3 Å². The van der Waals surface area contributed by atoms with E-state index >= 15 is 0 Å². The van der Waals surface area contributed by atoms with Crippen molar-refractivity contribution in [3.63, 3.8) is 0 Å². The molecule has 4 rings (SSSR count). The van der Waals surface area contributed by atoms with Gasteiger partial charge in [-0.3, -0.25) is 9.78 Å². The zero-order valence-electron chi connectivity index (χ0n) is 16.4. The van der Waals surface area contributed by atoms with Gasteiger partial charge in [-0.2, -0.15) is 0 Å². The maximum absolute atomic E-state index is 13.3. The Hall–Kier alpha value is -3.02. The molecule has 3 heterocycles. The molecule has 0 aliphatic carbocycles. The first-order valence-electron chi connectivity index (χ1n) is 9.95. The third-order valence-corrected chi connectivity index (χ3v) is 5.46. The largest absolute Gasteiger partial charge is 0.334 e. The molecule has 0 N–H and O–H groups in total. The van der Waals surface area contributed by atoms with E-state index in [0.717, 1.165) is 43.5 Å². The Morgan fingerprint density at radius 2 is 2.00 bits per heavy atom. The standard InChI is InChI=1S/C22H25N5O/c1-3-17-9-11-19(12-10-17)27-21(18-8-6-13-23-15-18)20(24-25-27)22(28)26-14-5-4-7-16(26)2/h6,8-13,15-16H,3-5,7,14H2,1-2H3/t16-/m1/s1. The molecule has 0 radical (unpaired) electrons. The summed E-state index contributed by atoms with van der Waals surface area (Å²) in [5.41, 5.74) is 4.06. The summed E-state index contributed by atoms with van der Waals surface area (Å²) in [4.78, 5) is 19.5. The number of carbonyl (C=O) groups excluding carboxylic acids is 1. The lowest BCUT2D eigenvalue weighted by atomic mass is 10.0. The number of aromatic nitrogens is 4. The number of benzene rings is 1. The number of hydrogen-bond donors (Lipinski definition) is 0. The molecule has 0 spiro atoms. The molecule has 1 aliphatic heterocycles. The van der Waals surface area contributed by atoms with Crippen molar-refractivity contribution in [2.24, 2.45) is 0 Å². The Morgan fingerprint density at radius 1 is 1.18 bits per heavy atom. The van der Waals surface area contributed by atoms with Crippen LogP contribution < -0.4 is 0 Å². The number of hydrogen-bond acceptors (Lipinski definition) is 4. The van der Waals surface area contributed by atoms with Crippen molar-refractivity contribution >= 4 is 5.91 Å². The smallest absolute Gasteiger partial charge is 0.276 e. The predicted molar refractivity (Wildman–Crippen MR) is 108 cm³/mol. The van der Waals surface area contributed by atoms with Gasteiger partial charge in [0.25, 0.3) is 5.91 Å². The number of carbonyl (C=O) groups is 1. The summed E-state index contributed by atoms with van der Waals surface area (Å²) in [6.45, 7) is 5.00. The zero-order chi connectivity index (χ0) is 19.5. The summed E-state index contributed by atoms with van der Waals surface area (Å²) in [6, 6.07) is 12.2. The summed E-state index contributed by atoms with van der Waals surface area (Å²) in [7, 11) is 0. The number of amides is 1. The van der Waals surface area contributed by atoms with Crippen LogP contribution in [-0.2, 0) is 6.42 Å². The van der Waals surface area contributed by atoms with Gasteiger partial charge in [-0.25, -0.2) is 4.68 Å². The molecule has 0 bridgehead atoms. The van der Waals surface area contributed by atoms with Crippen molar-refractivity contribution in [3.05, 3.63) is 60.0 Å². The predicted octanol–water partition coefficient (Wildman–Crippen LogP) is 3.91. The van der Waals surface area contributed by atoms with Gasteiger partial charge in [-0.15, -0.1) is 5.10 Å². The van der Waals surface area contributed by atoms with Crippen molar-refractivity contribution < 1.29 is 4.79 Å². The summed E-state index contributed by atoms with van der Waals surface area (Å²) in [5, 5.41) is 8.67. The molecule has 6 nitrogen and oxygen atoms in total. The van der Waals surface area contributed by atoms with E-state index in [9.17, 15) is 4.79 Å². The van der Waals surface area contributed by atoms with Gasteiger partial charge in [0.1, 0.15) is 5.69 Å². The third kappa shape index (κ3) is 3.42. The topological polar surface area (TPSA) is 63.9 Å². The zero-order valence-corrected chi connectivity index (χ0v) is 16.4. The minimum atomic E-state index is -0.0533. The second kappa shape index (κ2) is 7.92. The summed E-state index contributed by atoms with van der Waals surface area (Å²) < 4.78 is 1.75. The van der Waals surface area contributed by atoms with E-state index in [1.165, 1.54) is 5.56 Å². The molecule has 1 aliphatic rings. The van der Waals surface area contributed by atoms with Crippen LogP contribution in [-0.4, -0.2) is 43.4 Å². The Bertz CT molecular complexity index is 949. The Labute approximate surface area is 165 Å². The quantitative estimate of drug-likeness (QED) is 0.694. The Kier molecular flexibility index (Phi) is 5.19. The number of pyridine rings is 1. The number of rotatable bonds is 4. The summed E-state index contributed by atoms with van der Waals surface area (Å²) >= 11 is 0. The molecule has 0 saturated carbocycles. The van der Waals surface area contributed by atoms with Crippen LogP contribution in [0.25, 0.3) is 16.9 Å². The lowest BCUT2D eigenvalue weighted by Crippen LogP contribution is -2.42. The summed E-state index contributed by atoms with van der Waals surface area (Å²) in [6.07, 6.45) is 7.68. The highest BCUT2D eigenvalue weighted by atomic mass is 16.2. The number of piperidine rings is 1. The molecular weight excluding hydrogens is 350 g/mol. The number of aryl methyl sites for hydroxylation is 1. The van der Waals surface area contributed by atoms with Crippen LogP contribution in [0.4, 0.5) is 0 Å². The van der Waals surface area contributed by atoms with Crippen LogP contribution >= 0.6 is 0 Å². The second-order valence-electron chi connectivity index (χ2n) is 7.30. The van der Waals surface area contributed by atoms with E-state index in [4.69, 9.17) is 0 Å². The van der Waals surface area contributed by atoms with Gasteiger partial charge in [0.15, 0.2) is 5.69 Å². The van der Waals surface area contributed by atoms with Crippen LogP contribution in [0.2, 0.25) is 0 Å². The fourth-order valence-corrected chi connectivity index (χ4v) is 3.78. The lowest BCUT2D eigenvalue weighted by Gasteiger charge is -2.33. The molecule has 1 aromatic carbocycles. The molecular formula is C22H25N5O. The molecule has 1 amide bonds. The van der Waals surface area contributed by atoms with Crippen molar-refractivity contribution in [2.45, 2.75) is 45.6 Å². The minimum absolute atomic E-state index is 0.0533. The average molecular weight is 375 g/mol. The first-order chi connectivity index (χ1) is 13.7. The van der Waals surface area contributed by atoms with E-state index < -0.39 is 0 Å². The molecule has 1 atom stereocenters. The normalized spacial score (nSPS) is 16.9. The van der Waals surface area contributed by atoms with Crippen LogP contribution in [0.1, 0.15) is 49.2 Å². The molecule has 3 aromatic rings. The van der Waals surface area contributed by atoms with Gasteiger partial charge in [0, 0.05) is 30.5 Å².